The number of benzene rings is 1. The van der Waals surface area contributed by atoms with E-state index < -0.39 is 0 Å². The molecule has 0 aliphatic heterocycles. The number of halogens is 2. The highest BCUT2D eigenvalue weighted by Gasteiger charge is 2.54. The third kappa shape index (κ3) is 2.43. The van der Waals surface area contributed by atoms with Crippen LogP contribution >= 0.6 is 23.2 Å². The van der Waals surface area contributed by atoms with Crippen molar-refractivity contribution in [3.05, 3.63) is 28.2 Å². The highest BCUT2D eigenvalue weighted by Crippen LogP contribution is 2.52. The first-order valence-corrected chi connectivity index (χ1v) is 8.25. The van der Waals surface area contributed by atoms with Crippen molar-refractivity contribution in [2.24, 2.45) is 11.1 Å². The third-order valence-corrected chi connectivity index (χ3v) is 5.66. The first-order chi connectivity index (χ1) is 9.63. The predicted molar refractivity (Wildman–Crippen MR) is 83.6 cm³/mol. The van der Waals surface area contributed by atoms with E-state index in [-0.39, 0.29) is 17.6 Å². The quantitative estimate of drug-likeness (QED) is 0.850. The minimum Gasteiger partial charge on any atom is -0.487 e. The van der Waals surface area contributed by atoms with Crippen LogP contribution in [0, 0.1) is 5.41 Å². The predicted octanol–water partition coefficient (Wildman–Crippen LogP) is 4.81. The van der Waals surface area contributed by atoms with E-state index in [2.05, 4.69) is 0 Å². The zero-order valence-corrected chi connectivity index (χ0v) is 13.1. The lowest BCUT2D eigenvalue weighted by atomic mass is 9.58. The van der Waals surface area contributed by atoms with Crippen molar-refractivity contribution >= 4 is 23.2 Å². The van der Waals surface area contributed by atoms with Gasteiger partial charge in [0.05, 0.1) is 10.0 Å². The molecule has 2 saturated carbocycles. The molecule has 2 fully saturated rings. The summed E-state index contributed by atoms with van der Waals surface area (Å²) in [6.45, 7) is 0. The molecule has 0 aromatic heterocycles. The molecule has 1 spiro atoms. The third-order valence-electron chi connectivity index (χ3n) is 5.06. The van der Waals surface area contributed by atoms with Crippen LogP contribution in [-0.2, 0) is 0 Å². The number of hydrogen-bond acceptors (Lipinski definition) is 2. The lowest BCUT2D eigenvalue weighted by Gasteiger charge is -2.54. The van der Waals surface area contributed by atoms with Crippen molar-refractivity contribution in [1.29, 1.82) is 0 Å². The molecular formula is C16H21Cl2NO. The Kier molecular flexibility index (Phi) is 4.16. The van der Waals surface area contributed by atoms with Crippen molar-refractivity contribution in [2.45, 2.75) is 57.1 Å². The van der Waals surface area contributed by atoms with Gasteiger partial charge in [0.25, 0.3) is 0 Å². The van der Waals surface area contributed by atoms with Crippen LogP contribution in [0.2, 0.25) is 10.0 Å². The number of ether oxygens (including phenoxy) is 1. The van der Waals surface area contributed by atoms with Crippen LogP contribution in [0.25, 0.3) is 0 Å². The summed E-state index contributed by atoms with van der Waals surface area (Å²) in [5.74, 6) is 0.622. The van der Waals surface area contributed by atoms with Crippen LogP contribution in [0.5, 0.6) is 5.75 Å². The second kappa shape index (κ2) is 5.75. The Bertz CT molecular complexity index is 463. The highest BCUT2D eigenvalue weighted by molar-refractivity contribution is 6.37. The van der Waals surface area contributed by atoms with E-state index in [1.165, 1.54) is 38.5 Å². The fourth-order valence-electron chi connectivity index (χ4n) is 3.76. The Morgan fingerprint density at radius 3 is 2.20 bits per heavy atom. The molecule has 2 aliphatic carbocycles. The summed E-state index contributed by atoms with van der Waals surface area (Å²) < 4.78 is 6.19. The Balaban J connectivity index is 1.80. The van der Waals surface area contributed by atoms with Gasteiger partial charge in [-0.3, -0.25) is 0 Å². The van der Waals surface area contributed by atoms with Gasteiger partial charge < -0.3 is 10.5 Å². The van der Waals surface area contributed by atoms with E-state index in [4.69, 9.17) is 33.7 Å². The van der Waals surface area contributed by atoms with Crippen LogP contribution in [0.3, 0.4) is 0 Å². The highest BCUT2D eigenvalue weighted by atomic mass is 35.5. The molecule has 2 N–H and O–H groups in total. The van der Waals surface area contributed by atoms with Gasteiger partial charge in [0.1, 0.15) is 6.10 Å². The summed E-state index contributed by atoms with van der Waals surface area (Å²) >= 11 is 12.4. The lowest BCUT2D eigenvalue weighted by molar-refractivity contribution is -0.0769. The molecule has 2 unspecified atom stereocenters. The number of rotatable bonds is 2. The first kappa shape index (κ1) is 14.5. The van der Waals surface area contributed by atoms with Crippen LogP contribution in [0.15, 0.2) is 18.2 Å². The van der Waals surface area contributed by atoms with Gasteiger partial charge in [0.2, 0.25) is 0 Å². The van der Waals surface area contributed by atoms with Crippen LogP contribution in [0.1, 0.15) is 44.9 Å². The Hall–Kier alpha value is -0.440. The molecule has 1 aromatic carbocycles. The SMILES string of the molecule is NC1CC(Oc2c(Cl)cccc2Cl)C12CCCCCC2. The Labute approximate surface area is 130 Å². The van der Waals surface area contributed by atoms with Gasteiger partial charge in [-0.1, -0.05) is 55.0 Å². The summed E-state index contributed by atoms with van der Waals surface area (Å²) in [6.07, 6.45) is 8.53. The molecule has 0 radical (unpaired) electrons. The van der Waals surface area contributed by atoms with Gasteiger partial charge in [-0.15, -0.1) is 0 Å². The second-order valence-corrected chi connectivity index (χ2v) is 6.96. The van der Waals surface area contributed by atoms with Crippen molar-refractivity contribution in [1.82, 2.24) is 0 Å². The van der Waals surface area contributed by atoms with Crippen LogP contribution in [-0.4, -0.2) is 12.1 Å². The second-order valence-electron chi connectivity index (χ2n) is 6.15. The maximum Gasteiger partial charge on any atom is 0.156 e. The fourth-order valence-corrected chi connectivity index (χ4v) is 4.25. The largest absolute Gasteiger partial charge is 0.487 e. The molecule has 3 rings (SSSR count). The summed E-state index contributed by atoms with van der Waals surface area (Å²) in [6, 6.07) is 5.74. The van der Waals surface area contributed by atoms with E-state index in [0.717, 1.165) is 6.42 Å². The molecule has 4 heteroatoms. The average molecular weight is 314 g/mol. The smallest absolute Gasteiger partial charge is 0.156 e. The van der Waals surface area contributed by atoms with Gasteiger partial charge in [0, 0.05) is 17.9 Å². The average Bonchev–Trinajstić information content (AvgIpc) is 2.69. The van der Waals surface area contributed by atoms with Crippen molar-refractivity contribution in [3.8, 4) is 5.75 Å². The monoisotopic (exact) mass is 313 g/mol. The minimum absolute atomic E-state index is 0.138. The molecule has 2 aliphatic rings. The zero-order chi connectivity index (χ0) is 14.2. The summed E-state index contributed by atoms with van der Waals surface area (Å²) in [5.41, 5.74) is 6.47. The molecule has 0 bridgehead atoms. The van der Waals surface area contributed by atoms with Gasteiger partial charge in [0.15, 0.2) is 5.75 Å². The first-order valence-electron chi connectivity index (χ1n) is 7.50. The maximum atomic E-state index is 6.33. The van der Waals surface area contributed by atoms with Crippen LogP contribution in [0.4, 0.5) is 0 Å². The molecule has 1 aromatic rings. The minimum atomic E-state index is 0.138. The van der Waals surface area contributed by atoms with Crippen molar-refractivity contribution in [3.63, 3.8) is 0 Å². The summed E-state index contributed by atoms with van der Waals surface area (Å²) in [4.78, 5) is 0. The van der Waals surface area contributed by atoms with E-state index in [1.54, 1.807) is 0 Å². The maximum absolute atomic E-state index is 6.33. The molecular weight excluding hydrogens is 293 g/mol. The molecule has 2 atom stereocenters. The molecule has 0 amide bonds. The van der Waals surface area contributed by atoms with Gasteiger partial charge >= 0.3 is 0 Å². The van der Waals surface area contributed by atoms with E-state index in [9.17, 15) is 0 Å². The van der Waals surface area contributed by atoms with Gasteiger partial charge in [-0.2, -0.15) is 0 Å². The standard InChI is InChI=1S/C16H21Cl2NO/c17-11-6-5-7-12(18)15(11)20-14-10-13(19)16(14)8-3-1-2-4-9-16/h5-7,13-14H,1-4,8-10,19H2. The number of para-hydroxylation sites is 1. The zero-order valence-electron chi connectivity index (χ0n) is 11.6. The Morgan fingerprint density at radius 1 is 1.05 bits per heavy atom. The van der Waals surface area contributed by atoms with Gasteiger partial charge in [-0.05, 0) is 25.0 Å². The normalized spacial score (nSPS) is 28.8. The van der Waals surface area contributed by atoms with Crippen LogP contribution < -0.4 is 10.5 Å². The summed E-state index contributed by atoms with van der Waals surface area (Å²) in [7, 11) is 0. The molecule has 2 nitrogen and oxygen atoms in total. The van der Waals surface area contributed by atoms with E-state index in [0.29, 0.717) is 15.8 Å². The summed E-state index contributed by atoms with van der Waals surface area (Å²) in [5, 5.41) is 1.17. The van der Waals surface area contributed by atoms with Gasteiger partial charge in [-0.25, -0.2) is 0 Å². The molecule has 20 heavy (non-hydrogen) atoms. The number of hydrogen-bond donors (Lipinski definition) is 1. The molecule has 0 saturated heterocycles. The van der Waals surface area contributed by atoms with E-state index in [1.807, 2.05) is 18.2 Å². The molecule has 110 valence electrons. The topological polar surface area (TPSA) is 35.2 Å². The van der Waals surface area contributed by atoms with Crippen molar-refractivity contribution in [2.75, 3.05) is 0 Å². The molecule has 0 heterocycles. The van der Waals surface area contributed by atoms with Crippen molar-refractivity contribution < 1.29 is 4.74 Å². The fraction of sp³-hybridized carbons (Fsp3) is 0.625. The lowest BCUT2D eigenvalue weighted by Crippen LogP contribution is -2.63. The Morgan fingerprint density at radius 2 is 1.65 bits per heavy atom. The van der Waals surface area contributed by atoms with E-state index >= 15 is 0 Å². The number of nitrogens with two attached hydrogens (primary N) is 1.